The monoisotopic (exact) mass is 404 g/mol. The fourth-order valence-electron chi connectivity index (χ4n) is 6.62. The third-order valence-corrected chi connectivity index (χ3v) is 8.50. The van der Waals surface area contributed by atoms with Crippen LogP contribution in [0.1, 0.15) is 102 Å². The summed E-state index contributed by atoms with van der Waals surface area (Å²) in [6.45, 7) is 4.62. The van der Waals surface area contributed by atoms with Crippen molar-refractivity contribution in [1.82, 2.24) is 0 Å². The Morgan fingerprint density at radius 2 is 1.07 bits per heavy atom. The van der Waals surface area contributed by atoms with Crippen LogP contribution in [0, 0.1) is 23.7 Å². The van der Waals surface area contributed by atoms with Crippen molar-refractivity contribution in [2.75, 3.05) is 0 Å². The molecule has 30 heavy (non-hydrogen) atoms. The fraction of sp³-hybridized carbons (Fsp3) is 0.667. The maximum atomic E-state index is 2.45. The van der Waals surface area contributed by atoms with Crippen LogP contribution in [-0.4, -0.2) is 0 Å². The molecule has 0 aromatic heterocycles. The summed E-state index contributed by atoms with van der Waals surface area (Å²) in [5, 5.41) is 2.84. The van der Waals surface area contributed by atoms with Crippen molar-refractivity contribution >= 4 is 10.8 Å². The van der Waals surface area contributed by atoms with Crippen molar-refractivity contribution in [2.24, 2.45) is 23.7 Å². The Labute approximate surface area is 185 Å². The van der Waals surface area contributed by atoms with E-state index in [1.165, 1.54) is 106 Å². The summed E-state index contributed by atoms with van der Waals surface area (Å²) in [5.41, 5.74) is 3.02. The molecule has 2 fully saturated rings. The van der Waals surface area contributed by atoms with Gasteiger partial charge in [0.15, 0.2) is 0 Å². The maximum absolute atomic E-state index is 2.45. The summed E-state index contributed by atoms with van der Waals surface area (Å²) in [6.07, 6.45) is 20.1. The summed E-state index contributed by atoms with van der Waals surface area (Å²) >= 11 is 0. The minimum absolute atomic E-state index is 0.973. The number of rotatable bonds is 8. The average Bonchev–Trinajstić information content (AvgIpc) is 2.79. The van der Waals surface area contributed by atoms with Crippen LogP contribution in [0.4, 0.5) is 0 Å². The van der Waals surface area contributed by atoms with Crippen LogP contribution in [0.2, 0.25) is 0 Å². The van der Waals surface area contributed by atoms with E-state index in [4.69, 9.17) is 0 Å². The van der Waals surface area contributed by atoms with Crippen molar-refractivity contribution in [3.8, 4) is 0 Å². The predicted molar refractivity (Wildman–Crippen MR) is 132 cm³/mol. The molecule has 0 saturated heterocycles. The molecule has 2 saturated carbocycles. The summed E-state index contributed by atoms with van der Waals surface area (Å²) in [5.74, 6) is 4.15. The van der Waals surface area contributed by atoms with Crippen LogP contribution in [0.25, 0.3) is 10.8 Å². The second-order valence-corrected chi connectivity index (χ2v) is 10.7. The highest BCUT2D eigenvalue weighted by Gasteiger charge is 2.30. The molecule has 0 amide bonds. The first-order valence-corrected chi connectivity index (χ1v) is 13.3. The molecule has 2 aliphatic rings. The summed E-state index contributed by atoms with van der Waals surface area (Å²) in [4.78, 5) is 0. The van der Waals surface area contributed by atoms with E-state index in [-0.39, 0.29) is 0 Å². The van der Waals surface area contributed by atoms with Crippen LogP contribution in [0.15, 0.2) is 36.4 Å². The fourth-order valence-corrected chi connectivity index (χ4v) is 6.62. The molecule has 4 rings (SSSR count). The molecule has 2 aromatic rings. The molecule has 0 N–H and O–H groups in total. The van der Waals surface area contributed by atoms with Crippen LogP contribution in [-0.2, 0) is 12.8 Å². The van der Waals surface area contributed by atoms with Crippen LogP contribution in [0.3, 0.4) is 0 Å². The lowest BCUT2D eigenvalue weighted by Gasteiger charge is -2.38. The summed E-state index contributed by atoms with van der Waals surface area (Å²) in [7, 11) is 0. The highest BCUT2D eigenvalue weighted by Crippen LogP contribution is 2.43. The van der Waals surface area contributed by atoms with Gasteiger partial charge in [-0.25, -0.2) is 0 Å². The van der Waals surface area contributed by atoms with Crippen LogP contribution in [0.5, 0.6) is 0 Å². The lowest BCUT2D eigenvalue weighted by Crippen LogP contribution is -2.26. The van der Waals surface area contributed by atoms with Crippen LogP contribution >= 0.6 is 0 Å². The second kappa shape index (κ2) is 10.8. The van der Waals surface area contributed by atoms with Crippen LogP contribution < -0.4 is 0 Å². The van der Waals surface area contributed by atoms with Gasteiger partial charge in [-0.3, -0.25) is 0 Å². The smallest absolute Gasteiger partial charge is 0.0181 e. The molecule has 0 nitrogen and oxygen atoms in total. The Morgan fingerprint density at radius 1 is 0.567 bits per heavy atom. The molecule has 0 atom stereocenters. The van der Waals surface area contributed by atoms with Crippen molar-refractivity contribution in [1.29, 1.82) is 0 Å². The van der Waals surface area contributed by atoms with Gasteiger partial charge in [0.2, 0.25) is 0 Å². The minimum atomic E-state index is 0.973. The van der Waals surface area contributed by atoms with Gasteiger partial charge in [-0.05, 0) is 90.5 Å². The van der Waals surface area contributed by atoms with Crippen molar-refractivity contribution in [3.05, 3.63) is 47.5 Å². The molecule has 164 valence electrons. The quantitative estimate of drug-likeness (QED) is 0.411. The van der Waals surface area contributed by atoms with Gasteiger partial charge in [0, 0.05) is 0 Å². The topological polar surface area (TPSA) is 0 Å². The predicted octanol–water partition coefficient (Wildman–Crippen LogP) is 9.14. The molecule has 0 heterocycles. The van der Waals surface area contributed by atoms with E-state index in [9.17, 15) is 0 Å². The molecule has 0 heteroatoms. The Bertz CT molecular complexity index is 772. The molecule has 0 aliphatic heterocycles. The van der Waals surface area contributed by atoms with Gasteiger partial charge >= 0.3 is 0 Å². The number of benzene rings is 2. The molecular formula is C30H44. The largest absolute Gasteiger partial charge is 0.0654 e. The first-order valence-electron chi connectivity index (χ1n) is 13.3. The number of aryl methyl sites for hydroxylation is 2. The van der Waals surface area contributed by atoms with Crippen molar-refractivity contribution in [2.45, 2.75) is 104 Å². The Hall–Kier alpha value is -1.30. The zero-order valence-corrected chi connectivity index (χ0v) is 19.7. The number of hydrogen-bond acceptors (Lipinski definition) is 0. The first-order chi connectivity index (χ1) is 14.7. The van der Waals surface area contributed by atoms with E-state index in [2.05, 4.69) is 50.2 Å². The lowest BCUT2D eigenvalue weighted by molar-refractivity contribution is 0.141. The van der Waals surface area contributed by atoms with Crippen molar-refractivity contribution in [3.63, 3.8) is 0 Å². The van der Waals surface area contributed by atoms with E-state index in [0.29, 0.717) is 0 Å². The molecular weight excluding hydrogens is 360 g/mol. The molecule has 2 aliphatic carbocycles. The zero-order valence-electron chi connectivity index (χ0n) is 19.7. The third-order valence-electron chi connectivity index (χ3n) is 8.50. The minimum Gasteiger partial charge on any atom is -0.0654 e. The third kappa shape index (κ3) is 5.68. The highest BCUT2D eigenvalue weighted by molar-refractivity contribution is 5.83. The van der Waals surface area contributed by atoms with E-state index in [1.807, 2.05) is 0 Å². The maximum Gasteiger partial charge on any atom is -0.0181 e. The van der Waals surface area contributed by atoms with Gasteiger partial charge in [-0.2, -0.15) is 0 Å². The van der Waals surface area contributed by atoms with E-state index >= 15 is 0 Å². The van der Waals surface area contributed by atoms with Gasteiger partial charge in [0.1, 0.15) is 0 Å². The van der Waals surface area contributed by atoms with Gasteiger partial charge in [0.25, 0.3) is 0 Å². The SMILES string of the molecule is CCCc1ccc2cc(CCC3CCC(C4CCC(CCC)CC4)CC3)ccc2c1. The zero-order chi connectivity index (χ0) is 20.8. The first kappa shape index (κ1) is 21.9. The number of hydrogen-bond donors (Lipinski definition) is 0. The standard InChI is InChI=1S/C30H44/c1-3-5-23-9-15-27(16-10-23)28-17-11-24(12-18-28)7-8-26-14-20-29-21-25(6-4-2)13-19-30(29)22-26/h13-14,19-24,27-28H,3-12,15-18H2,1-2H3. The van der Waals surface area contributed by atoms with Gasteiger partial charge in [0.05, 0.1) is 0 Å². The van der Waals surface area contributed by atoms with Gasteiger partial charge in [-0.15, -0.1) is 0 Å². The Balaban J connectivity index is 1.22. The second-order valence-electron chi connectivity index (χ2n) is 10.7. The normalized spacial score (nSPS) is 27.4. The highest BCUT2D eigenvalue weighted by atomic mass is 14.4. The summed E-state index contributed by atoms with van der Waals surface area (Å²) in [6, 6.07) is 14.2. The molecule has 0 unspecified atom stereocenters. The van der Waals surface area contributed by atoms with Gasteiger partial charge in [-0.1, -0.05) is 95.2 Å². The average molecular weight is 405 g/mol. The Kier molecular flexibility index (Phi) is 7.91. The molecule has 2 aromatic carbocycles. The van der Waals surface area contributed by atoms with Gasteiger partial charge < -0.3 is 0 Å². The summed E-state index contributed by atoms with van der Waals surface area (Å²) < 4.78 is 0. The molecule has 0 spiro atoms. The molecule has 0 radical (unpaired) electrons. The van der Waals surface area contributed by atoms with E-state index in [1.54, 1.807) is 5.56 Å². The molecule has 0 bridgehead atoms. The van der Waals surface area contributed by atoms with E-state index < -0.39 is 0 Å². The number of fused-ring (bicyclic) bond motifs is 1. The lowest BCUT2D eigenvalue weighted by atomic mass is 9.68. The van der Waals surface area contributed by atoms with E-state index in [0.717, 1.165) is 23.7 Å². The van der Waals surface area contributed by atoms with Crippen molar-refractivity contribution < 1.29 is 0 Å². The Morgan fingerprint density at radius 3 is 1.57 bits per heavy atom.